The molecule has 14 heavy (non-hydrogen) atoms. The maximum absolute atomic E-state index is 11.6. The number of nitrogens with zero attached hydrogens (tertiary/aromatic N) is 1. The molecular weight excluding hydrogens is 198 g/mol. The van der Waals surface area contributed by atoms with Crippen molar-refractivity contribution in [1.29, 1.82) is 0 Å². The van der Waals surface area contributed by atoms with E-state index in [-0.39, 0.29) is 18.4 Å². The third kappa shape index (κ3) is 2.06. The number of hydrogen-bond donors (Lipinski definition) is 1. The van der Waals surface area contributed by atoms with Gasteiger partial charge in [0, 0.05) is 37.3 Å². The van der Waals surface area contributed by atoms with Crippen LogP contribution in [-0.2, 0) is 4.79 Å². The number of rotatable bonds is 2. The second-order valence-electron chi connectivity index (χ2n) is 4.17. The van der Waals surface area contributed by atoms with Crippen LogP contribution in [-0.4, -0.2) is 46.6 Å². The number of amides is 1. The Morgan fingerprint density at radius 2 is 2.43 bits per heavy atom. The minimum Gasteiger partial charge on any atom is -0.396 e. The molecule has 2 heterocycles. The van der Waals surface area contributed by atoms with Crippen LogP contribution in [0.1, 0.15) is 19.3 Å². The van der Waals surface area contributed by atoms with E-state index in [1.165, 1.54) is 12.2 Å². The largest absolute Gasteiger partial charge is 0.396 e. The maximum Gasteiger partial charge on any atom is 0.223 e. The molecule has 1 N–H and O–H groups in total. The number of likely N-dealkylation sites (tertiary alicyclic amines) is 1. The van der Waals surface area contributed by atoms with Crippen LogP contribution in [0.15, 0.2) is 0 Å². The van der Waals surface area contributed by atoms with Gasteiger partial charge in [-0.05, 0) is 18.6 Å². The summed E-state index contributed by atoms with van der Waals surface area (Å²) < 4.78 is 0. The highest BCUT2D eigenvalue weighted by Gasteiger charge is 2.34. The van der Waals surface area contributed by atoms with Gasteiger partial charge >= 0.3 is 0 Å². The van der Waals surface area contributed by atoms with Crippen LogP contribution in [0.25, 0.3) is 0 Å². The van der Waals surface area contributed by atoms with Gasteiger partial charge in [-0.25, -0.2) is 0 Å². The van der Waals surface area contributed by atoms with Gasteiger partial charge in [0.05, 0.1) is 0 Å². The molecule has 3 nitrogen and oxygen atoms in total. The summed E-state index contributed by atoms with van der Waals surface area (Å²) in [6, 6.07) is 0.442. The minimum absolute atomic E-state index is 0.155. The lowest BCUT2D eigenvalue weighted by Crippen LogP contribution is -2.40. The van der Waals surface area contributed by atoms with Crippen molar-refractivity contribution < 1.29 is 9.90 Å². The first-order valence-electron chi connectivity index (χ1n) is 5.29. The Kier molecular flexibility index (Phi) is 3.34. The summed E-state index contributed by atoms with van der Waals surface area (Å²) in [5.41, 5.74) is 0. The Morgan fingerprint density at radius 3 is 3.00 bits per heavy atom. The number of hydrogen-bond acceptors (Lipinski definition) is 3. The zero-order valence-electron chi connectivity index (χ0n) is 8.32. The van der Waals surface area contributed by atoms with E-state index in [0.717, 1.165) is 18.7 Å². The second-order valence-corrected chi connectivity index (χ2v) is 5.32. The zero-order valence-corrected chi connectivity index (χ0v) is 9.13. The highest BCUT2D eigenvalue weighted by atomic mass is 32.2. The third-order valence-electron chi connectivity index (χ3n) is 3.07. The maximum atomic E-state index is 11.6. The van der Waals surface area contributed by atoms with Crippen molar-refractivity contribution in [2.24, 2.45) is 5.92 Å². The molecule has 0 aromatic carbocycles. The van der Waals surface area contributed by atoms with Crippen LogP contribution in [0.2, 0.25) is 0 Å². The predicted octanol–water partition coefficient (Wildman–Crippen LogP) is 0.723. The molecule has 0 aromatic heterocycles. The van der Waals surface area contributed by atoms with Gasteiger partial charge in [-0.1, -0.05) is 0 Å². The lowest BCUT2D eigenvalue weighted by Gasteiger charge is -2.30. The topological polar surface area (TPSA) is 40.5 Å². The first-order chi connectivity index (χ1) is 6.81. The van der Waals surface area contributed by atoms with E-state index < -0.39 is 0 Å². The van der Waals surface area contributed by atoms with Crippen LogP contribution in [0.4, 0.5) is 0 Å². The van der Waals surface area contributed by atoms with Crippen LogP contribution in [0, 0.1) is 5.92 Å². The first-order valence-corrected chi connectivity index (χ1v) is 6.45. The average molecular weight is 215 g/mol. The van der Waals surface area contributed by atoms with Crippen LogP contribution >= 0.6 is 11.8 Å². The summed E-state index contributed by atoms with van der Waals surface area (Å²) in [6.07, 6.45) is 2.93. The Labute approximate surface area is 88.9 Å². The van der Waals surface area contributed by atoms with Crippen molar-refractivity contribution >= 4 is 17.7 Å². The monoisotopic (exact) mass is 215 g/mol. The molecule has 0 aromatic rings. The van der Waals surface area contributed by atoms with Crippen LogP contribution in [0.3, 0.4) is 0 Å². The number of thioether (sulfide) groups is 1. The van der Waals surface area contributed by atoms with Gasteiger partial charge in [0.1, 0.15) is 0 Å². The molecule has 2 aliphatic rings. The van der Waals surface area contributed by atoms with Gasteiger partial charge in [0.25, 0.3) is 0 Å². The molecule has 0 bridgehead atoms. The lowest BCUT2D eigenvalue weighted by atomic mass is 10.1. The molecule has 2 rings (SSSR count). The summed E-state index contributed by atoms with van der Waals surface area (Å²) in [5.74, 6) is 2.76. The zero-order chi connectivity index (χ0) is 9.97. The Bertz CT molecular complexity index is 216. The predicted molar refractivity (Wildman–Crippen MR) is 57.3 cm³/mol. The van der Waals surface area contributed by atoms with Crippen molar-refractivity contribution in [2.45, 2.75) is 25.3 Å². The van der Waals surface area contributed by atoms with E-state index in [9.17, 15) is 4.79 Å². The smallest absolute Gasteiger partial charge is 0.223 e. The molecule has 4 heteroatoms. The fourth-order valence-corrected chi connectivity index (χ4v) is 3.41. The Morgan fingerprint density at radius 1 is 1.57 bits per heavy atom. The van der Waals surface area contributed by atoms with E-state index in [4.69, 9.17) is 5.11 Å². The van der Waals surface area contributed by atoms with E-state index in [0.29, 0.717) is 12.5 Å². The highest BCUT2D eigenvalue weighted by molar-refractivity contribution is 7.99. The second kappa shape index (κ2) is 4.53. The number of carbonyl (C=O) groups is 1. The van der Waals surface area contributed by atoms with Gasteiger partial charge < -0.3 is 10.0 Å². The van der Waals surface area contributed by atoms with Gasteiger partial charge in [-0.3, -0.25) is 4.79 Å². The van der Waals surface area contributed by atoms with Gasteiger partial charge in [-0.15, -0.1) is 0 Å². The molecule has 0 aliphatic carbocycles. The molecular formula is C10H17NO2S. The van der Waals surface area contributed by atoms with Crippen molar-refractivity contribution in [1.82, 2.24) is 4.90 Å². The van der Waals surface area contributed by atoms with Crippen molar-refractivity contribution in [3.63, 3.8) is 0 Å². The summed E-state index contributed by atoms with van der Waals surface area (Å²) in [5, 5.41) is 9.02. The van der Waals surface area contributed by atoms with Gasteiger partial charge in [-0.2, -0.15) is 11.8 Å². The summed E-state index contributed by atoms with van der Waals surface area (Å²) in [4.78, 5) is 13.6. The van der Waals surface area contributed by atoms with Crippen LogP contribution < -0.4 is 0 Å². The van der Waals surface area contributed by atoms with E-state index in [2.05, 4.69) is 0 Å². The van der Waals surface area contributed by atoms with Crippen molar-refractivity contribution in [3.8, 4) is 0 Å². The molecule has 0 spiro atoms. The number of carbonyl (C=O) groups excluding carboxylic acids is 1. The third-order valence-corrected chi connectivity index (χ3v) is 4.27. The molecule has 2 aliphatic heterocycles. The molecule has 2 saturated heterocycles. The fourth-order valence-electron chi connectivity index (χ4n) is 2.25. The average Bonchev–Trinajstić information content (AvgIpc) is 2.61. The number of aliphatic hydroxyl groups excluding tert-OH is 1. The molecule has 80 valence electrons. The summed E-state index contributed by atoms with van der Waals surface area (Å²) in [7, 11) is 0. The quantitative estimate of drug-likeness (QED) is 0.738. The van der Waals surface area contributed by atoms with Crippen molar-refractivity contribution in [2.75, 3.05) is 24.7 Å². The molecule has 2 atom stereocenters. The normalized spacial score (nSPS) is 33.8. The molecule has 0 radical (unpaired) electrons. The molecule has 2 fully saturated rings. The summed E-state index contributed by atoms with van der Waals surface area (Å²) >= 11 is 1.94. The Balaban J connectivity index is 1.93. The SMILES string of the molecule is O=C1CC(CO)CN1C1CCCSC1. The van der Waals surface area contributed by atoms with Gasteiger partial charge in [0.2, 0.25) is 5.91 Å². The standard InChI is InChI=1S/C10H17NO2S/c12-6-8-4-10(13)11(5-8)9-2-1-3-14-7-9/h8-9,12H,1-7H2. The number of aliphatic hydroxyl groups is 1. The highest BCUT2D eigenvalue weighted by Crippen LogP contribution is 2.27. The lowest BCUT2D eigenvalue weighted by molar-refractivity contribution is -0.129. The van der Waals surface area contributed by atoms with Crippen LogP contribution in [0.5, 0.6) is 0 Å². The first kappa shape index (κ1) is 10.3. The van der Waals surface area contributed by atoms with Gasteiger partial charge in [0.15, 0.2) is 0 Å². The summed E-state index contributed by atoms with van der Waals surface area (Å²) in [6.45, 7) is 0.933. The van der Waals surface area contributed by atoms with Crippen molar-refractivity contribution in [3.05, 3.63) is 0 Å². The fraction of sp³-hybridized carbons (Fsp3) is 0.900. The minimum atomic E-state index is 0.155. The van der Waals surface area contributed by atoms with E-state index in [1.807, 2.05) is 16.7 Å². The Hall–Kier alpha value is -0.220. The molecule has 2 unspecified atom stereocenters. The molecule has 1 amide bonds. The van der Waals surface area contributed by atoms with E-state index >= 15 is 0 Å². The van der Waals surface area contributed by atoms with E-state index in [1.54, 1.807) is 0 Å². The molecule has 0 saturated carbocycles.